The minimum absolute atomic E-state index is 0.0293. The molecule has 0 aliphatic rings. The zero-order valence-corrected chi connectivity index (χ0v) is 13.2. The number of ether oxygens (including phenoxy) is 1. The van der Waals surface area contributed by atoms with E-state index in [2.05, 4.69) is 62.6 Å². The van der Waals surface area contributed by atoms with Crippen LogP contribution in [-0.2, 0) is 6.42 Å². The molecule has 0 bridgehead atoms. The van der Waals surface area contributed by atoms with Gasteiger partial charge in [-0.25, -0.2) is 0 Å². The third-order valence-electron chi connectivity index (χ3n) is 3.95. The van der Waals surface area contributed by atoms with Gasteiger partial charge in [0.25, 0.3) is 0 Å². The molecule has 0 saturated heterocycles. The van der Waals surface area contributed by atoms with Crippen molar-refractivity contribution in [3.05, 3.63) is 64.2 Å². The Hall–Kier alpha value is -1.84. The van der Waals surface area contributed by atoms with Crippen LogP contribution in [0.3, 0.4) is 0 Å². The van der Waals surface area contributed by atoms with Crippen molar-refractivity contribution in [3.8, 4) is 5.75 Å². The molecule has 2 rings (SSSR count). The summed E-state index contributed by atoms with van der Waals surface area (Å²) in [6.45, 7) is 6.31. The van der Waals surface area contributed by atoms with E-state index in [9.17, 15) is 0 Å². The van der Waals surface area contributed by atoms with Gasteiger partial charge in [0.1, 0.15) is 5.75 Å². The van der Waals surface area contributed by atoms with Crippen LogP contribution in [0.15, 0.2) is 36.4 Å². The molecular formula is C18H24N2O. The van der Waals surface area contributed by atoms with Gasteiger partial charge in [-0.2, -0.15) is 0 Å². The quantitative estimate of drug-likeness (QED) is 0.653. The van der Waals surface area contributed by atoms with E-state index >= 15 is 0 Å². The lowest BCUT2D eigenvalue weighted by Crippen LogP contribution is -2.30. The number of hydrogen-bond donors (Lipinski definition) is 2. The van der Waals surface area contributed by atoms with Crippen LogP contribution in [0.2, 0.25) is 0 Å². The molecule has 0 aliphatic heterocycles. The highest BCUT2D eigenvalue weighted by molar-refractivity contribution is 5.46. The highest BCUT2D eigenvalue weighted by Gasteiger charge is 2.19. The van der Waals surface area contributed by atoms with Crippen molar-refractivity contribution in [3.63, 3.8) is 0 Å². The van der Waals surface area contributed by atoms with Crippen LogP contribution in [0.5, 0.6) is 5.75 Å². The lowest BCUT2D eigenvalue weighted by atomic mass is 9.92. The molecule has 1 unspecified atom stereocenters. The molecule has 2 aromatic carbocycles. The number of aryl methyl sites for hydroxylation is 3. The monoisotopic (exact) mass is 284 g/mol. The summed E-state index contributed by atoms with van der Waals surface area (Å²) in [6.07, 6.45) is 0.837. The summed E-state index contributed by atoms with van der Waals surface area (Å²) >= 11 is 0. The fraction of sp³-hybridized carbons (Fsp3) is 0.333. The van der Waals surface area contributed by atoms with Crippen LogP contribution in [0.1, 0.15) is 33.9 Å². The molecular weight excluding hydrogens is 260 g/mol. The van der Waals surface area contributed by atoms with Gasteiger partial charge >= 0.3 is 0 Å². The second-order valence-corrected chi connectivity index (χ2v) is 5.55. The fourth-order valence-electron chi connectivity index (χ4n) is 2.86. The SMILES string of the molecule is COc1cc(C)cc(C)c1C(Cc1ccccc1C)NN. The predicted octanol–water partition coefficient (Wildman–Crippen LogP) is 3.37. The molecule has 0 spiro atoms. The predicted molar refractivity (Wildman–Crippen MR) is 87.4 cm³/mol. The van der Waals surface area contributed by atoms with E-state index in [1.165, 1.54) is 22.3 Å². The Morgan fingerprint density at radius 3 is 2.43 bits per heavy atom. The molecule has 0 radical (unpaired) electrons. The Labute approximate surface area is 127 Å². The summed E-state index contributed by atoms with van der Waals surface area (Å²) in [7, 11) is 1.71. The van der Waals surface area contributed by atoms with Crippen LogP contribution in [-0.4, -0.2) is 7.11 Å². The molecule has 2 aromatic rings. The van der Waals surface area contributed by atoms with Crippen molar-refractivity contribution >= 4 is 0 Å². The molecule has 1 atom stereocenters. The van der Waals surface area contributed by atoms with Gasteiger partial charge in [0.15, 0.2) is 0 Å². The van der Waals surface area contributed by atoms with Gasteiger partial charge in [-0.15, -0.1) is 0 Å². The van der Waals surface area contributed by atoms with Crippen molar-refractivity contribution in [1.82, 2.24) is 5.43 Å². The van der Waals surface area contributed by atoms with Crippen molar-refractivity contribution in [2.75, 3.05) is 7.11 Å². The van der Waals surface area contributed by atoms with Gasteiger partial charge in [0.05, 0.1) is 13.2 Å². The van der Waals surface area contributed by atoms with Crippen LogP contribution < -0.4 is 16.0 Å². The number of nitrogens with two attached hydrogens (primary N) is 1. The maximum atomic E-state index is 5.83. The van der Waals surface area contributed by atoms with Gasteiger partial charge in [-0.1, -0.05) is 30.3 Å². The maximum absolute atomic E-state index is 5.83. The summed E-state index contributed by atoms with van der Waals surface area (Å²) in [5.74, 6) is 6.72. The van der Waals surface area contributed by atoms with E-state index < -0.39 is 0 Å². The average Bonchev–Trinajstić information content (AvgIpc) is 2.46. The molecule has 0 saturated carbocycles. The Kier molecular flexibility index (Phi) is 4.99. The molecule has 0 fully saturated rings. The van der Waals surface area contributed by atoms with Crippen molar-refractivity contribution < 1.29 is 4.74 Å². The van der Waals surface area contributed by atoms with Crippen LogP contribution >= 0.6 is 0 Å². The molecule has 3 heteroatoms. The number of nitrogens with one attached hydrogen (secondary N) is 1. The van der Waals surface area contributed by atoms with Gasteiger partial charge < -0.3 is 4.74 Å². The highest BCUT2D eigenvalue weighted by atomic mass is 16.5. The van der Waals surface area contributed by atoms with E-state index in [0.29, 0.717) is 0 Å². The number of benzene rings is 2. The summed E-state index contributed by atoms with van der Waals surface area (Å²) in [5, 5.41) is 0. The number of hydrogen-bond acceptors (Lipinski definition) is 3. The summed E-state index contributed by atoms with van der Waals surface area (Å²) in [4.78, 5) is 0. The Morgan fingerprint density at radius 2 is 1.81 bits per heavy atom. The van der Waals surface area contributed by atoms with E-state index in [-0.39, 0.29) is 6.04 Å². The van der Waals surface area contributed by atoms with Crippen molar-refractivity contribution in [2.45, 2.75) is 33.2 Å². The number of methoxy groups -OCH3 is 1. The van der Waals surface area contributed by atoms with Gasteiger partial charge in [-0.3, -0.25) is 11.3 Å². The second kappa shape index (κ2) is 6.74. The summed E-state index contributed by atoms with van der Waals surface area (Å²) in [6, 6.07) is 12.7. The van der Waals surface area contributed by atoms with Crippen LogP contribution in [0.25, 0.3) is 0 Å². The zero-order valence-electron chi connectivity index (χ0n) is 13.2. The van der Waals surface area contributed by atoms with Gasteiger partial charge in [-0.05, 0) is 55.5 Å². The molecule has 0 amide bonds. The minimum Gasteiger partial charge on any atom is -0.496 e. The van der Waals surface area contributed by atoms with Crippen LogP contribution in [0, 0.1) is 20.8 Å². The standard InChI is InChI=1S/C18H24N2O/c1-12-9-14(3)18(17(10-12)21-4)16(20-19)11-15-8-6-5-7-13(15)2/h5-10,16,20H,11,19H2,1-4H3. The summed E-state index contributed by atoms with van der Waals surface area (Å²) in [5.41, 5.74) is 9.05. The van der Waals surface area contributed by atoms with E-state index in [1.807, 2.05) is 0 Å². The van der Waals surface area contributed by atoms with E-state index in [4.69, 9.17) is 10.6 Å². The topological polar surface area (TPSA) is 47.3 Å². The lowest BCUT2D eigenvalue weighted by Gasteiger charge is -2.22. The number of rotatable bonds is 5. The highest BCUT2D eigenvalue weighted by Crippen LogP contribution is 2.32. The van der Waals surface area contributed by atoms with Crippen molar-refractivity contribution in [1.29, 1.82) is 0 Å². The zero-order chi connectivity index (χ0) is 15.4. The molecule has 3 N–H and O–H groups in total. The molecule has 0 aromatic heterocycles. The first-order chi connectivity index (χ1) is 10.1. The fourth-order valence-corrected chi connectivity index (χ4v) is 2.86. The van der Waals surface area contributed by atoms with Gasteiger partial charge in [0.2, 0.25) is 0 Å². The van der Waals surface area contributed by atoms with E-state index in [1.54, 1.807) is 7.11 Å². The van der Waals surface area contributed by atoms with Crippen LogP contribution in [0.4, 0.5) is 0 Å². The normalized spacial score (nSPS) is 12.2. The maximum Gasteiger partial charge on any atom is 0.124 e. The lowest BCUT2D eigenvalue weighted by molar-refractivity contribution is 0.398. The summed E-state index contributed by atoms with van der Waals surface area (Å²) < 4.78 is 5.56. The third-order valence-corrected chi connectivity index (χ3v) is 3.95. The Morgan fingerprint density at radius 1 is 1.10 bits per heavy atom. The first-order valence-corrected chi connectivity index (χ1v) is 7.22. The molecule has 3 nitrogen and oxygen atoms in total. The largest absolute Gasteiger partial charge is 0.496 e. The smallest absolute Gasteiger partial charge is 0.124 e. The first-order valence-electron chi connectivity index (χ1n) is 7.22. The Balaban J connectivity index is 2.40. The Bertz CT molecular complexity index is 623. The number of hydrazine groups is 1. The molecule has 0 aliphatic carbocycles. The first kappa shape index (κ1) is 15.5. The van der Waals surface area contributed by atoms with E-state index in [0.717, 1.165) is 17.7 Å². The second-order valence-electron chi connectivity index (χ2n) is 5.55. The van der Waals surface area contributed by atoms with Crippen molar-refractivity contribution in [2.24, 2.45) is 5.84 Å². The molecule has 21 heavy (non-hydrogen) atoms. The molecule has 0 heterocycles. The minimum atomic E-state index is 0.0293. The average molecular weight is 284 g/mol. The third kappa shape index (κ3) is 3.43. The molecule has 112 valence electrons. The van der Waals surface area contributed by atoms with Gasteiger partial charge in [0, 0.05) is 5.56 Å².